The Morgan fingerprint density at radius 1 is 1.10 bits per heavy atom. The molecule has 0 aliphatic heterocycles. The van der Waals surface area contributed by atoms with Gasteiger partial charge in [-0.05, 0) is 61.1 Å². The van der Waals surface area contributed by atoms with Crippen molar-refractivity contribution in [3.63, 3.8) is 0 Å². The molecule has 2 aromatic rings. The molecule has 1 heterocycles. The van der Waals surface area contributed by atoms with E-state index in [2.05, 4.69) is 23.2 Å². The van der Waals surface area contributed by atoms with E-state index in [-0.39, 0.29) is 6.10 Å². The lowest BCUT2D eigenvalue weighted by atomic mass is 9.92. The van der Waals surface area contributed by atoms with Crippen LogP contribution in [-0.2, 0) is 12.8 Å². The summed E-state index contributed by atoms with van der Waals surface area (Å²) in [5.41, 5.74) is 9.59. The molecule has 0 saturated heterocycles. The van der Waals surface area contributed by atoms with Crippen molar-refractivity contribution < 1.29 is 4.74 Å². The molecule has 0 bridgehead atoms. The number of ether oxygens (including phenoxy) is 1. The number of hydrogen-bond donors (Lipinski definition) is 1. The fourth-order valence-corrected chi connectivity index (χ4v) is 2.74. The predicted molar refractivity (Wildman–Crippen MR) is 79.7 cm³/mol. The van der Waals surface area contributed by atoms with Gasteiger partial charge in [-0.15, -0.1) is 0 Å². The van der Waals surface area contributed by atoms with Gasteiger partial charge in [0.15, 0.2) is 6.10 Å². The van der Waals surface area contributed by atoms with Gasteiger partial charge in [0.2, 0.25) is 0 Å². The first-order valence-electron chi connectivity index (χ1n) is 7.26. The highest BCUT2D eigenvalue weighted by Crippen LogP contribution is 2.27. The molecule has 3 rings (SSSR count). The number of benzene rings is 1. The summed E-state index contributed by atoms with van der Waals surface area (Å²) >= 11 is 0. The van der Waals surface area contributed by atoms with Crippen LogP contribution in [-0.4, -0.2) is 11.5 Å². The zero-order chi connectivity index (χ0) is 13.8. The van der Waals surface area contributed by atoms with E-state index in [4.69, 9.17) is 10.5 Å². The highest BCUT2D eigenvalue weighted by atomic mass is 16.5. The smallest absolute Gasteiger partial charge is 0.153 e. The number of fused-ring (bicyclic) bond motifs is 1. The van der Waals surface area contributed by atoms with Gasteiger partial charge >= 0.3 is 0 Å². The molecule has 3 nitrogen and oxygen atoms in total. The third-order valence-corrected chi connectivity index (χ3v) is 3.83. The van der Waals surface area contributed by atoms with Crippen molar-refractivity contribution in [2.75, 3.05) is 6.54 Å². The van der Waals surface area contributed by atoms with Gasteiger partial charge < -0.3 is 10.5 Å². The van der Waals surface area contributed by atoms with Crippen LogP contribution in [0, 0.1) is 0 Å². The molecular formula is C17H20N2O. The minimum atomic E-state index is -0.183. The number of rotatable bonds is 4. The molecule has 1 aromatic heterocycles. The lowest BCUT2D eigenvalue weighted by molar-refractivity contribution is 0.209. The molecule has 1 unspecified atom stereocenters. The summed E-state index contributed by atoms with van der Waals surface area (Å²) in [6, 6.07) is 12.2. The van der Waals surface area contributed by atoms with Crippen molar-refractivity contribution in [2.24, 2.45) is 5.73 Å². The molecule has 2 N–H and O–H groups in total. The maximum atomic E-state index is 6.03. The summed E-state index contributed by atoms with van der Waals surface area (Å²) in [6.07, 6.45) is 6.51. The van der Waals surface area contributed by atoms with Gasteiger partial charge in [-0.2, -0.15) is 0 Å². The third kappa shape index (κ3) is 2.83. The molecule has 1 aliphatic carbocycles. The number of nitrogens with two attached hydrogens (primary N) is 1. The predicted octanol–water partition coefficient (Wildman–Crippen LogP) is 3.04. The number of hydrogen-bond acceptors (Lipinski definition) is 3. The average molecular weight is 268 g/mol. The van der Waals surface area contributed by atoms with Crippen molar-refractivity contribution in [1.82, 2.24) is 4.98 Å². The van der Waals surface area contributed by atoms with Crippen LogP contribution < -0.4 is 10.5 Å². The summed E-state index contributed by atoms with van der Waals surface area (Å²) in [5, 5.41) is 0. The van der Waals surface area contributed by atoms with Crippen LogP contribution in [0.15, 0.2) is 42.6 Å². The van der Waals surface area contributed by atoms with Gasteiger partial charge in [-0.25, -0.2) is 0 Å². The van der Waals surface area contributed by atoms with Gasteiger partial charge in [0.25, 0.3) is 0 Å². The van der Waals surface area contributed by atoms with E-state index in [1.165, 1.54) is 30.4 Å². The molecule has 0 radical (unpaired) electrons. The van der Waals surface area contributed by atoms with Crippen molar-refractivity contribution in [3.05, 3.63) is 59.4 Å². The van der Waals surface area contributed by atoms with E-state index in [1.54, 1.807) is 6.20 Å². The van der Waals surface area contributed by atoms with Gasteiger partial charge in [0.05, 0.1) is 5.69 Å². The standard InChI is InChI=1S/C17H20N2O/c18-12-17(16-7-3-4-10-19-16)20-15-9-8-13-5-1-2-6-14(13)11-15/h3-4,7-11,17H,1-2,5-6,12,18H2. The second kappa shape index (κ2) is 6.06. The van der Waals surface area contributed by atoms with Crippen LogP contribution in [0.25, 0.3) is 0 Å². The molecule has 0 saturated carbocycles. The topological polar surface area (TPSA) is 48.1 Å². The van der Waals surface area contributed by atoms with Gasteiger partial charge in [-0.3, -0.25) is 4.98 Å². The maximum Gasteiger partial charge on any atom is 0.153 e. The van der Waals surface area contributed by atoms with Gasteiger partial charge in [0.1, 0.15) is 5.75 Å². The summed E-state index contributed by atoms with van der Waals surface area (Å²) < 4.78 is 6.03. The van der Waals surface area contributed by atoms with Crippen molar-refractivity contribution in [1.29, 1.82) is 0 Å². The number of aryl methyl sites for hydroxylation is 2. The van der Waals surface area contributed by atoms with Crippen molar-refractivity contribution >= 4 is 0 Å². The zero-order valence-corrected chi connectivity index (χ0v) is 11.6. The average Bonchev–Trinajstić information content (AvgIpc) is 2.53. The first-order valence-corrected chi connectivity index (χ1v) is 7.26. The van der Waals surface area contributed by atoms with Crippen molar-refractivity contribution in [2.45, 2.75) is 31.8 Å². The molecule has 0 spiro atoms. The molecular weight excluding hydrogens is 248 g/mol. The highest BCUT2D eigenvalue weighted by Gasteiger charge is 2.15. The minimum Gasteiger partial charge on any atom is -0.483 e. The first-order chi connectivity index (χ1) is 9.86. The SMILES string of the molecule is NCC(Oc1ccc2c(c1)CCCC2)c1ccccn1. The molecule has 1 aliphatic rings. The molecule has 1 aromatic carbocycles. The van der Waals surface area contributed by atoms with Crippen molar-refractivity contribution in [3.8, 4) is 5.75 Å². The van der Waals surface area contributed by atoms with E-state index in [0.29, 0.717) is 6.54 Å². The fourth-order valence-electron chi connectivity index (χ4n) is 2.74. The fraction of sp³-hybridized carbons (Fsp3) is 0.353. The van der Waals surface area contributed by atoms with Crippen LogP contribution in [0.5, 0.6) is 5.75 Å². The first kappa shape index (κ1) is 13.1. The van der Waals surface area contributed by atoms with Crippen LogP contribution in [0.3, 0.4) is 0 Å². The second-order valence-corrected chi connectivity index (χ2v) is 5.23. The Morgan fingerprint density at radius 2 is 1.95 bits per heavy atom. The molecule has 20 heavy (non-hydrogen) atoms. The Bertz CT molecular complexity index is 568. The summed E-state index contributed by atoms with van der Waals surface area (Å²) in [6.45, 7) is 0.425. The van der Waals surface area contributed by atoms with E-state index >= 15 is 0 Å². The summed E-state index contributed by atoms with van der Waals surface area (Å²) in [7, 11) is 0. The molecule has 0 amide bonds. The second-order valence-electron chi connectivity index (χ2n) is 5.23. The largest absolute Gasteiger partial charge is 0.483 e. The molecule has 0 fully saturated rings. The lowest BCUT2D eigenvalue weighted by Gasteiger charge is -2.20. The van der Waals surface area contributed by atoms with Crippen LogP contribution in [0.4, 0.5) is 0 Å². The van der Waals surface area contributed by atoms with E-state index in [0.717, 1.165) is 17.9 Å². The van der Waals surface area contributed by atoms with Gasteiger partial charge in [0, 0.05) is 12.7 Å². The van der Waals surface area contributed by atoms with E-state index < -0.39 is 0 Å². The zero-order valence-electron chi connectivity index (χ0n) is 11.6. The monoisotopic (exact) mass is 268 g/mol. The highest BCUT2D eigenvalue weighted by molar-refractivity contribution is 5.37. The molecule has 104 valence electrons. The van der Waals surface area contributed by atoms with Crippen LogP contribution in [0.2, 0.25) is 0 Å². The van der Waals surface area contributed by atoms with Gasteiger partial charge in [-0.1, -0.05) is 12.1 Å². The van der Waals surface area contributed by atoms with E-state index in [1.807, 2.05) is 18.2 Å². The Labute approximate surface area is 119 Å². The number of nitrogens with zero attached hydrogens (tertiary/aromatic N) is 1. The summed E-state index contributed by atoms with van der Waals surface area (Å²) in [4.78, 5) is 4.33. The Hall–Kier alpha value is -1.87. The Balaban J connectivity index is 1.79. The normalized spacial score (nSPS) is 15.4. The Kier molecular flexibility index (Phi) is 3.97. The lowest BCUT2D eigenvalue weighted by Crippen LogP contribution is -2.19. The van der Waals surface area contributed by atoms with Crippen LogP contribution in [0.1, 0.15) is 35.8 Å². The molecule has 3 heteroatoms. The summed E-state index contributed by atoms with van der Waals surface area (Å²) in [5.74, 6) is 0.895. The third-order valence-electron chi connectivity index (χ3n) is 3.83. The van der Waals surface area contributed by atoms with E-state index in [9.17, 15) is 0 Å². The number of aromatic nitrogens is 1. The Morgan fingerprint density at radius 3 is 2.70 bits per heavy atom. The van der Waals surface area contributed by atoms with Crippen LogP contribution >= 0.6 is 0 Å². The molecule has 1 atom stereocenters. The maximum absolute atomic E-state index is 6.03. The minimum absolute atomic E-state index is 0.183. The quantitative estimate of drug-likeness (QED) is 0.927. The number of pyridine rings is 1.